The number of ether oxygens (including phenoxy) is 1. The lowest BCUT2D eigenvalue weighted by atomic mass is 10.2. The number of carbonyl (C=O) groups is 1. The normalized spacial score (nSPS) is 12.5. The van der Waals surface area contributed by atoms with E-state index >= 15 is 0 Å². The summed E-state index contributed by atoms with van der Waals surface area (Å²) in [7, 11) is -3.75. The van der Waals surface area contributed by atoms with Crippen LogP contribution in [0.5, 0.6) is 0 Å². The van der Waals surface area contributed by atoms with Crippen molar-refractivity contribution >= 4 is 16.0 Å². The summed E-state index contributed by atoms with van der Waals surface area (Å²) in [5.74, 6) is -0.801. The quantitative estimate of drug-likeness (QED) is 0.803. The van der Waals surface area contributed by atoms with Crippen LogP contribution in [-0.2, 0) is 19.6 Å². The Morgan fingerprint density at radius 1 is 1.42 bits per heavy atom. The smallest absolute Gasteiger partial charge is 0.322 e. The summed E-state index contributed by atoms with van der Waals surface area (Å²) in [6, 6.07) is 7.92. The fourth-order valence-corrected chi connectivity index (χ4v) is 2.19. The van der Waals surface area contributed by atoms with Crippen LogP contribution in [0.15, 0.2) is 29.2 Å². The second-order valence-corrected chi connectivity index (χ2v) is 5.67. The molecule has 1 aromatic carbocycles. The molecule has 1 aromatic rings. The molecule has 0 fully saturated rings. The number of rotatable bonds is 5. The molecule has 0 unspecified atom stereocenters. The van der Waals surface area contributed by atoms with E-state index in [-0.39, 0.29) is 4.90 Å². The third-order valence-corrected chi connectivity index (χ3v) is 3.64. The van der Waals surface area contributed by atoms with Crippen molar-refractivity contribution in [3.05, 3.63) is 29.8 Å². The Kier molecular flexibility index (Phi) is 5.03. The number of nitriles is 1. The van der Waals surface area contributed by atoms with Crippen LogP contribution in [0.25, 0.3) is 0 Å². The Labute approximate surface area is 112 Å². The Bertz CT molecular complexity index is 587. The van der Waals surface area contributed by atoms with Crippen molar-refractivity contribution in [1.29, 1.82) is 5.26 Å². The molecule has 0 aliphatic rings. The highest BCUT2D eigenvalue weighted by Crippen LogP contribution is 2.09. The lowest BCUT2D eigenvalue weighted by Crippen LogP contribution is -2.32. The van der Waals surface area contributed by atoms with Crippen LogP contribution in [-0.4, -0.2) is 27.0 Å². The molecule has 1 N–H and O–H groups in total. The van der Waals surface area contributed by atoms with Crippen molar-refractivity contribution in [2.24, 2.45) is 0 Å². The molecule has 0 radical (unpaired) electrons. The summed E-state index contributed by atoms with van der Waals surface area (Å²) in [5.41, 5.74) is 0.932. The van der Waals surface area contributed by atoms with Gasteiger partial charge in [-0.05, 0) is 26.0 Å². The van der Waals surface area contributed by atoms with Gasteiger partial charge in [0.25, 0.3) is 0 Å². The number of nitrogens with zero attached hydrogens (tertiary/aromatic N) is 1. The lowest BCUT2D eigenvalue weighted by Gasteiger charge is -2.08. The molecule has 0 aliphatic heterocycles. The molecular weight excluding hydrogens is 268 g/mol. The minimum Gasteiger partial charge on any atom is -0.446 e. The molecule has 0 aliphatic carbocycles. The van der Waals surface area contributed by atoms with E-state index in [4.69, 9.17) is 5.26 Å². The predicted molar refractivity (Wildman–Crippen MR) is 67.5 cm³/mol. The summed E-state index contributed by atoms with van der Waals surface area (Å²) >= 11 is 0. The number of esters is 1. The molecule has 0 aromatic heterocycles. The molecule has 6 nitrogen and oxygen atoms in total. The fraction of sp³-hybridized carbons (Fsp3) is 0.333. The minimum atomic E-state index is -3.75. The van der Waals surface area contributed by atoms with Crippen molar-refractivity contribution in [3.8, 4) is 6.07 Å². The maximum absolute atomic E-state index is 11.8. The number of benzene rings is 1. The van der Waals surface area contributed by atoms with Crippen LogP contribution in [0.2, 0.25) is 0 Å². The number of aryl methyl sites for hydroxylation is 1. The first kappa shape index (κ1) is 15.1. The standard InChI is InChI=1S/C12H14N2O4S/c1-9-3-5-11(6-4-9)19(16,17)14-8-12(15)18-10(2)7-13/h3-6,10,14H,8H2,1-2H3/t10-/m1/s1. The van der Waals surface area contributed by atoms with Crippen molar-refractivity contribution in [1.82, 2.24) is 4.72 Å². The van der Waals surface area contributed by atoms with Gasteiger partial charge >= 0.3 is 5.97 Å². The van der Waals surface area contributed by atoms with Crippen molar-refractivity contribution in [2.45, 2.75) is 24.8 Å². The van der Waals surface area contributed by atoms with Crippen LogP contribution < -0.4 is 4.72 Å². The van der Waals surface area contributed by atoms with Crippen LogP contribution in [0.1, 0.15) is 12.5 Å². The van der Waals surface area contributed by atoms with E-state index in [0.29, 0.717) is 0 Å². The van der Waals surface area contributed by atoms with Gasteiger partial charge in [-0.1, -0.05) is 17.7 Å². The summed E-state index contributed by atoms with van der Waals surface area (Å²) < 4.78 is 30.4. The van der Waals surface area contributed by atoms with Gasteiger partial charge in [0.05, 0.1) is 4.90 Å². The summed E-state index contributed by atoms with van der Waals surface area (Å²) in [5, 5.41) is 8.45. The average molecular weight is 282 g/mol. The monoisotopic (exact) mass is 282 g/mol. The summed E-state index contributed by atoms with van der Waals surface area (Å²) in [6.07, 6.45) is -0.906. The Hall–Kier alpha value is -1.91. The van der Waals surface area contributed by atoms with E-state index in [2.05, 4.69) is 9.46 Å². The molecular formula is C12H14N2O4S. The molecule has 0 bridgehead atoms. The number of hydrogen-bond acceptors (Lipinski definition) is 5. The van der Waals surface area contributed by atoms with E-state index in [1.54, 1.807) is 18.2 Å². The number of nitrogens with one attached hydrogen (secondary N) is 1. The van der Waals surface area contributed by atoms with Crippen molar-refractivity contribution in [3.63, 3.8) is 0 Å². The first-order valence-electron chi connectivity index (χ1n) is 5.50. The van der Waals surface area contributed by atoms with Crippen LogP contribution in [0.4, 0.5) is 0 Å². The summed E-state index contributed by atoms with van der Waals surface area (Å²) in [6.45, 7) is 2.72. The Balaban J connectivity index is 2.64. The van der Waals surface area contributed by atoms with E-state index in [1.807, 2.05) is 6.92 Å². The molecule has 7 heteroatoms. The van der Waals surface area contributed by atoms with E-state index in [0.717, 1.165) is 5.56 Å². The van der Waals surface area contributed by atoms with Crippen LogP contribution >= 0.6 is 0 Å². The first-order valence-corrected chi connectivity index (χ1v) is 6.99. The summed E-state index contributed by atoms with van der Waals surface area (Å²) in [4.78, 5) is 11.3. The van der Waals surface area contributed by atoms with Gasteiger partial charge in [-0.3, -0.25) is 4.79 Å². The zero-order valence-electron chi connectivity index (χ0n) is 10.6. The maximum Gasteiger partial charge on any atom is 0.322 e. The zero-order valence-corrected chi connectivity index (χ0v) is 11.4. The largest absolute Gasteiger partial charge is 0.446 e. The second-order valence-electron chi connectivity index (χ2n) is 3.90. The van der Waals surface area contributed by atoms with E-state index < -0.39 is 28.6 Å². The molecule has 0 spiro atoms. The van der Waals surface area contributed by atoms with Gasteiger partial charge in [-0.2, -0.15) is 9.98 Å². The van der Waals surface area contributed by atoms with Crippen molar-refractivity contribution < 1.29 is 17.9 Å². The number of sulfonamides is 1. The highest BCUT2D eigenvalue weighted by Gasteiger charge is 2.16. The molecule has 1 atom stereocenters. The number of hydrogen-bond donors (Lipinski definition) is 1. The molecule has 0 amide bonds. The molecule has 1 rings (SSSR count). The highest BCUT2D eigenvalue weighted by molar-refractivity contribution is 7.89. The van der Waals surface area contributed by atoms with Gasteiger partial charge in [0.2, 0.25) is 10.0 Å². The van der Waals surface area contributed by atoms with Crippen LogP contribution in [0, 0.1) is 18.3 Å². The highest BCUT2D eigenvalue weighted by atomic mass is 32.2. The second kappa shape index (κ2) is 6.31. The number of carbonyl (C=O) groups excluding carboxylic acids is 1. The van der Waals surface area contributed by atoms with Gasteiger partial charge < -0.3 is 4.74 Å². The van der Waals surface area contributed by atoms with Crippen molar-refractivity contribution in [2.75, 3.05) is 6.54 Å². The van der Waals surface area contributed by atoms with Crippen LogP contribution in [0.3, 0.4) is 0 Å². The Morgan fingerprint density at radius 3 is 2.53 bits per heavy atom. The van der Waals surface area contributed by atoms with Gasteiger partial charge in [0.1, 0.15) is 12.6 Å². The van der Waals surface area contributed by atoms with Gasteiger partial charge in [0.15, 0.2) is 6.10 Å². The third kappa shape index (κ3) is 4.69. The molecule has 0 saturated heterocycles. The van der Waals surface area contributed by atoms with E-state index in [1.165, 1.54) is 19.1 Å². The predicted octanol–water partition coefficient (Wildman–Crippen LogP) is 0.729. The fourth-order valence-electron chi connectivity index (χ4n) is 1.22. The molecule has 102 valence electrons. The molecule has 19 heavy (non-hydrogen) atoms. The SMILES string of the molecule is Cc1ccc(S(=O)(=O)NCC(=O)O[C@H](C)C#N)cc1. The molecule has 0 heterocycles. The topological polar surface area (TPSA) is 96.3 Å². The molecule has 0 saturated carbocycles. The first-order chi connectivity index (χ1) is 8.85. The zero-order chi connectivity index (χ0) is 14.5. The van der Waals surface area contributed by atoms with Gasteiger partial charge in [0, 0.05) is 0 Å². The third-order valence-electron chi connectivity index (χ3n) is 2.23. The average Bonchev–Trinajstić information content (AvgIpc) is 2.37. The van der Waals surface area contributed by atoms with E-state index in [9.17, 15) is 13.2 Å². The Morgan fingerprint density at radius 2 is 2.00 bits per heavy atom. The maximum atomic E-state index is 11.8. The lowest BCUT2D eigenvalue weighted by molar-refractivity contribution is -0.144. The minimum absolute atomic E-state index is 0.0687. The van der Waals surface area contributed by atoms with Gasteiger partial charge in [-0.25, -0.2) is 8.42 Å². The van der Waals surface area contributed by atoms with Gasteiger partial charge in [-0.15, -0.1) is 0 Å².